The number of amides is 3. The molecule has 0 spiro atoms. The number of hydrogen-bond acceptors (Lipinski definition) is 6. The quantitative estimate of drug-likeness (QED) is 0.276. The second-order valence-electron chi connectivity index (χ2n) is 7.97. The molecule has 1 aliphatic heterocycles. The van der Waals surface area contributed by atoms with Crippen molar-refractivity contribution in [1.82, 2.24) is 5.32 Å². The molecule has 1 fully saturated rings. The summed E-state index contributed by atoms with van der Waals surface area (Å²) in [6.07, 6.45) is 1.40. The number of para-hydroxylation sites is 1. The molecule has 3 aromatic rings. The predicted octanol–water partition coefficient (Wildman–Crippen LogP) is 4.20. The number of carbonyl (C=O) groups excluding carboxylic acids is 3. The Kier molecular flexibility index (Phi) is 7.59. The summed E-state index contributed by atoms with van der Waals surface area (Å²) >= 11 is 5.13. The van der Waals surface area contributed by atoms with Gasteiger partial charge in [0.2, 0.25) is 5.91 Å². The zero-order valence-corrected chi connectivity index (χ0v) is 20.7. The predicted molar refractivity (Wildman–Crippen MR) is 141 cm³/mol. The lowest BCUT2D eigenvalue weighted by molar-refractivity contribution is -0.122. The Morgan fingerprint density at radius 2 is 1.84 bits per heavy atom. The molecule has 8 nitrogen and oxygen atoms in total. The Hall–Kier alpha value is -4.57. The van der Waals surface area contributed by atoms with Crippen molar-refractivity contribution in [2.75, 3.05) is 17.3 Å². The summed E-state index contributed by atoms with van der Waals surface area (Å²) in [7, 11) is 1.52. The topological polar surface area (TPSA) is 97.0 Å². The van der Waals surface area contributed by atoms with Gasteiger partial charge in [-0.2, -0.15) is 0 Å². The summed E-state index contributed by atoms with van der Waals surface area (Å²) in [4.78, 5) is 37.9. The number of anilines is 2. The Bertz CT molecular complexity index is 1420. The van der Waals surface area contributed by atoms with E-state index in [0.29, 0.717) is 28.3 Å². The van der Waals surface area contributed by atoms with Gasteiger partial charge in [-0.3, -0.25) is 19.7 Å². The number of hydrogen-bond donors (Lipinski definition) is 2. The van der Waals surface area contributed by atoms with Gasteiger partial charge in [0, 0.05) is 18.2 Å². The van der Waals surface area contributed by atoms with Gasteiger partial charge in [-0.25, -0.2) is 9.29 Å². The van der Waals surface area contributed by atoms with Crippen LogP contribution in [0, 0.1) is 5.82 Å². The molecule has 0 radical (unpaired) electrons. The number of thiocarbonyl (C=S) groups is 1. The largest absolute Gasteiger partial charge is 0.496 e. The fourth-order valence-electron chi connectivity index (χ4n) is 3.68. The van der Waals surface area contributed by atoms with E-state index < -0.39 is 17.6 Å². The van der Waals surface area contributed by atoms with Crippen LogP contribution >= 0.6 is 12.2 Å². The standard InChI is InChI=1S/C27H22FN3O5S/c1-16(32)29-19-8-10-20(11-9-19)36-15-18-13-17(7-12-24(18)35-2)14-21-25(33)30-27(37)31(26(21)34)23-6-4-3-5-22(23)28/h3-14H,15H2,1-2H3,(H,29,32)(H,30,33,37)/b21-14+. The highest BCUT2D eigenvalue weighted by atomic mass is 32.1. The average Bonchev–Trinajstić information content (AvgIpc) is 2.87. The highest BCUT2D eigenvalue weighted by Crippen LogP contribution is 2.27. The third kappa shape index (κ3) is 5.81. The van der Waals surface area contributed by atoms with Crippen LogP contribution in [0.4, 0.5) is 15.8 Å². The number of halogens is 1. The number of ether oxygens (including phenoxy) is 2. The van der Waals surface area contributed by atoms with Gasteiger partial charge in [0.25, 0.3) is 11.8 Å². The maximum atomic E-state index is 14.4. The van der Waals surface area contributed by atoms with Gasteiger partial charge >= 0.3 is 0 Å². The molecule has 37 heavy (non-hydrogen) atoms. The van der Waals surface area contributed by atoms with Crippen LogP contribution in [0.1, 0.15) is 18.1 Å². The molecule has 0 atom stereocenters. The van der Waals surface area contributed by atoms with E-state index in [1.54, 1.807) is 48.5 Å². The van der Waals surface area contributed by atoms with Crippen LogP contribution in [0.25, 0.3) is 6.08 Å². The summed E-state index contributed by atoms with van der Waals surface area (Å²) in [6, 6.07) is 17.6. The first-order chi connectivity index (χ1) is 17.8. The SMILES string of the molecule is COc1ccc(/C=C2\C(=O)NC(=S)N(c3ccccc3F)C2=O)cc1COc1ccc(NC(C)=O)cc1. The first-order valence-corrected chi connectivity index (χ1v) is 11.5. The van der Waals surface area contributed by atoms with E-state index in [4.69, 9.17) is 21.7 Å². The van der Waals surface area contributed by atoms with Crippen LogP contribution in [0.5, 0.6) is 11.5 Å². The van der Waals surface area contributed by atoms with Crippen molar-refractivity contribution in [1.29, 1.82) is 0 Å². The van der Waals surface area contributed by atoms with E-state index in [9.17, 15) is 18.8 Å². The summed E-state index contributed by atoms with van der Waals surface area (Å²) in [5, 5.41) is 4.92. The van der Waals surface area contributed by atoms with Gasteiger partial charge in [-0.1, -0.05) is 18.2 Å². The van der Waals surface area contributed by atoms with Gasteiger partial charge in [0.05, 0.1) is 12.8 Å². The van der Waals surface area contributed by atoms with Gasteiger partial charge in [0.15, 0.2) is 5.11 Å². The zero-order chi connectivity index (χ0) is 26.5. The van der Waals surface area contributed by atoms with E-state index in [-0.39, 0.29) is 28.9 Å². The van der Waals surface area contributed by atoms with Gasteiger partial charge < -0.3 is 14.8 Å². The minimum absolute atomic E-state index is 0.0586. The van der Waals surface area contributed by atoms with E-state index in [1.165, 1.54) is 38.3 Å². The molecule has 1 heterocycles. The Balaban J connectivity index is 1.58. The molecule has 10 heteroatoms. The number of nitrogens with zero attached hydrogens (tertiary/aromatic N) is 1. The fraction of sp³-hybridized carbons (Fsp3) is 0.111. The van der Waals surface area contributed by atoms with Gasteiger partial charge in [0.1, 0.15) is 29.5 Å². The molecule has 0 bridgehead atoms. The molecule has 1 saturated heterocycles. The Morgan fingerprint density at radius 1 is 1.11 bits per heavy atom. The summed E-state index contributed by atoms with van der Waals surface area (Å²) in [5.74, 6) is -1.14. The lowest BCUT2D eigenvalue weighted by Crippen LogP contribution is -2.54. The monoisotopic (exact) mass is 519 g/mol. The highest BCUT2D eigenvalue weighted by molar-refractivity contribution is 7.80. The Labute approximate surface area is 217 Å². The fourth-order valence-corrected chi connectivity index (χ4v) is 3.95. The second-order valence-corrected chi connectivity index (χ2v) is 8.36. The van der Waals surface area contributed by atoms with Crippen molar-refractivity contribution in [2.24, 2.45) is 0 Å². The number of benzene rings is 3. The molecule has 3 aromatic carbocycles. The van der Waals surface area contributed by atoms with Crippen molar-refractivity contribution in [2.45, 2.75) is 13.5 Å². The summed E-state index contributed by atoms with van der Waals surface area (Å²) in [6.45, 7) is 1.56. The molecule has 3 amide bonds. The van der Waals surface area contributed by atoms with Crippen molar-refractivity contribution < 1.29 is 28.2 Å². The van der Waals surface area contributed by atoms with Crippen molar-refractivity contribution >= 4 is 52.5 Å². The third-order valence-corrected chi connectivity index (χ3v) is 5.66. The highest BCUT2D eigenvalue weighted by Gasteiger charge is 2.35. The Morgan fingerprint density at radius 3 is 2.51 bits per heavy atom. The molecule has 2 N–H and O–H groups in total. The molecular formula is C27H22FN3O5S. The molecule has 1 aliphatic rings. The number of rotatable bonds is 7. The normalized spacial score (nSPS) is 14.4. The van der Waals surface area contributed by atoms with Crippen LogP contribution in [-0.2, 0) is 21.0 Å². The van der Waals surface area contributed by atoms with Crippen LogP contribution in [0.15, 0.2) is 72.3 Å². The third-order valence-electron chi connectivity index (χ3n) is 5.38. The van der Waals surface area contributed by atoms with E-state index in [1.807, 2.05) is 0 Å². The van der Waals surface area contributed by atoms with Crippen molar-refractivity contribution in [3.8, 4) is 11.5 Å². The average molecular weight is 520 g/mol. The zero-order valence-electron chi connectivity index (χ0n) is 19.9. The molecule has 188 valence electrons. The van der Waals surface area contributed by atoms with Crippen molar-refractivity contribution in [3.63, 3.8) is 0 Å². The van der Waals surface area contributed by atoms with E-state index >= 15 is 0 Å². The van der Waals surface area contributed by atoms with Gasteiger partial charge in [-0.15, -0.1) is 0 Å². The number of methoxy groups -OCH3 is 1. The number of carbonyl (C=O) groups is 3. The number of nitrogens with one attached hydrogen (secondary N) is 2. The molecular weight excluding hydrogens is 497 g/mol. The van der Waals surface area contributed by atoms with Crippen molar-refractivity contribution in [3.05, 3.63) is 89.2 Å². The smallest absolute Gasteiger partial charge is 0.270 e. The minimum Gasteiger partial charge on any atom is -0.496 e. The van der Waals surface area contributed by atoms with Gasteiger partial charge in [-0.05, 0) is 72.4 Å². The van der Waals surface area contributed by atoms with Crippen LogP contribution in [0.2, 0.25) is 0 Å². The summed E-state index contributed by atoms with van der Waals surface area (Å²) in [5.41, 5.74) is 1.57. The summed E-state index contributed by atoms with van der Waals surface area (Å²) < 4.78 is 25.7. The first-order valence-electron chi connectivity index (χ1n) is 11.1. The molecule has 0 unspecified atom stereocenters. The molecule has 0 aliphatic carbocycles. The maximum Gasteiger partial charge on any atom is 0.270 e. The van der Waals surface area contributed by atoms with Crippen LogP contribution < -0.4 is 25.0 Å². The first kappa shape index (κ1) is 25.5. The van der Waals surface area contributed by atoms with Crippen LogP contribution in [0.3, 0.4) is 0 Å². The molecule has 4 rings (SSSR count). The minimum atomic E-state index is -0.744. The maximum absolute atomic E-state index is 14.4. The molecule has 0 aromatic heterocycles. The van der Waals surface area contributed by atoms with Crippen LogP contribution in [-0.4, -0.2) is 29.9 Å². The lowest BCUT2D eigenvalue weighted by Gasteiger charge is -2.29. The van der Waals surface area contributed by atoms with E-state index in [0.717, 1.165) is 4.90 Å². The molecule has 0 saturated carbocycles. The van der Waals surface area contributed by atoms with E-state index in [2.05, 4.69) is 10.6 Å². The lowest BCUT2D eigenvalue weighted by atomic mass is 10.0. The second kappa shape index (κ2) is 11.0.